The number of hydrogen-bond acceptors (Lipinski definition) is 5. The van der Waals surface area contributed by atoms with Crippen molar-refractivity contribution in [2.45, 2.75) is 71.0 Å². The van der Waals surface area contributed by atoms with E-state index >= 15 is 0 Å². The van der Waals surface area contributed by atoms with Gasteiger partial charge in [-0.1, -0.05) is 50.5 Å². The summed E-state index contributed by atoms with van der Waals surface area (Å²) in [6.07, 6.45) is 1.63. The zero-order valence-electron chi connectivity index (χ0n) is 21.4. The summed E-state index contributed by atoms with van der Waals surface area (Å²) in [5, 5.41) is 1.07. The van der Waals surface area contributed by atoms with E-state index in [0.717, 1.165) is 5.56 Å². The summed E-state index contributed by atoms with van der Waals surface area (Å²) in [7, 11) is -0.389. The Morgan fingerprint density at radius 3 is 2.33 bits per heavy atom. The molecule has 0 spiro atoms. The number of alkyl halides is 1. The highest BCUT2D eigenvalue weighted by Crippen LogP contribution is 2.38. The second-order valence-corrected chi connectivity index (χ2v) is 15.6. The molecule has 1 atom stereocenters. The number of aromatic nitrogens is 1. The van der Waals surface area contributed by atoms with Crippen molar-refractivity contribution < 1.29 is 18.7 Å². The molecule has 0 aliphatic heterocycles. The highest BCUT2D eigenvalue weighted by atomic mass is 79.9. The lowest BCUT2D eigenvalue weighted by Crippen LogP contribution is -2.42. The van der Waals surface area contributed by atoms with E-state index in [1.807, 2.05) is 10.6 Å². The Morgan fingerprint density at radius 1 is 1.21 bits per heavy atom. The van der Waals surface area contributed by atoms with Gasteiger partial charge in [0.2, 0.25) is 5.43 Å². The van der Waals surface area contributed by atoms with Crippen molar-refractivity contribution in [2.75, 3.05) is 20.3 Å². The standard InChI is InChI=1S/C25H38BrNO5Si/c1-10-31-24(29)19-14-27(21(16(2)3)15-32-33(8,9)25(4,5)6)20-12-22(30-7)17(13-26)11-18(20)23(19)28/h11-12,14,16,21H,10,13,15H2,1-9H3. The molecule has 2 rings (SSSR count). The molecule has 1 aromatic carbocycles. The van der Waals surface area contributed by atoms with E-state index in [2.05, 4.69) is 63.6 Å². The largest absolute Gasteiger partial charge is 0.496 e. The van der Waals surface area contributed by atoms with Crippen LogP contribution in [0.1, 0.15) is 63.5 Å². The number of nitrogens with zero attached hydrogens (tertiary/aromatic N) is 1. The fourth-order valence-corrected chi connectivity index (χ4v) is 4.91. The van der Waals surface area contributed by atoms with Gasteiger partial charge in [0.05, 0.1) is 31.9 Å². The first-order chi connectivity index (χ1) is 15.3. The van der Waals surface area contributed by atoms with Gasteiger partial charge in [-0.2, -0.15) is 0 Å². The summed E-state index contributed by atoms with van der Waals surface area (Å²) in [4.78, 5) is 26.0. The number of carbonyl (C=O) groups is 1. The van der Waals surface area contributed by atoms with Gasteiger partial charge in [-0.15, -0.1) is 0 Å². The van der Waals surface area contributed by atoms with Crippen LogP contribution >= 0.6 is 15.9 Å². The molecular formula is C25H38BrNO5Si. The molecule has 0 aliphatic carbocycles. The lowest BCUT2D eigenvalue weighted by atomic mass is 10.0. The van der Waals surface area contributed by atoms with Crippen LogP contribution in [0, 0.1) is 5.92 Å². The molecule has 0 amide bonds. The van der Waals surface area contributed by atoms with Gasteiger partial charge in [0.15, 0.2) is 8.32 Å². The molecule has 1 unspecified atom stereocenters. The Morgan fingerprint density at radius 2 is 1.85 bits per heavy atom. The van der Waals surface area contributed by atoms with Crippen LogP contribution in [0.2, 0.25) is 18.1 Å². The predicted molar refractivity (Wildman–Crippen MR) is 140 cm³/mol. The molecular weight excluding hydrogens is 502 g/mol. The van der Waals surface area contributed by atoms with Gasteiger partial charge in [0.1, 0.15) is 11.3 Å². The van der Waals surface area contributed by atoms with Crippen molar-refractivity contribution in [1.29, 1.82) is 0 Å². The Hall–Kier alpha value is -1.64. The smallest absolute Gasteiger partial charge is 0.343 e. The lowest BCUT2D eigenvalue weighted by Gasteiger charge is -2.38. The summed E-state index contributed by atoms with van der Waals surface area (Å²) in [5.41, 5.74) is 1.26. The van der Waals surface area contributed by atoms with E-state index in [1.165, 1.54) is 0 Å². The number of carbonyl (C=O) groups excluding carboxylic acids is 1. The van der Waals surface area contributed by atoms with Crippen LogP contribution in [0.4, 0.5) is 0 Å². The van der Waals surface area contributed by atoms with Gasteiger partial charge in [0, 0.05) is 28.5 Å². The number of hydrogen-bond donors (Lipinski definition) is 0. The van der Waals surface area contributed by atoms with Crippen LogP contribution in [0.5, 0.6) is 5.75 Å². The molecule has 0 fully saturated rings. The third kappa shape index (κ3) is 5.89. The molecule has 8 heteroatoms. The zero-order chi connectivity index (χ0) is 25.1. The van der Waals surface area contributed by atoms with E-state index < -0.39 is 14.3 Å². The molecule has 184 valence electrons. The van der Waals surface area contributed by atoms with Gasteiger partial charge in [-0.3, -0.25) is 4.79 Å². The van der Waals surface area contributed by atoms with Crippen LogP contribution in [0.15, 0.2) is 23.1 Å². The third-order valence-electron chi connectivity index (χ3n) is 6.62. The van der Waals surface area contributed by atoms with Crippen molar-refractivity contribution in [2.24, 2.45) is 5.92 Å². The average Bonchev–Trinajstić information content (AvgIpc) is 2.73. The minimum atomic E-state index is -2.00. The molecule has 0 saturated carbocycles. The number of pyridine rings is 1. The minimum absolute atomic E-state index is 0.0352. The summed E-state index contributed by atoms with van der Waals surface area (Å²) >= 11 is 3.47. The van der Waals surface area contributed by atoms with Crippen molar-refractivity contribution in [3.8, 4) is 5.75 Å². The molecule has 2 aromatic rings. The number of methoxy groups -OCH3 is 1. The normalized spacial score (nSPS) is 13.4. The van der Waals surface area contributed by atoms with Crippen LogP contribution < -0.4 is 10.2 Å². The SMILES string of the molecule is CCOC(=O)c1cn(C(CO[Si](C)(C)C(C)(C)C)C(C)C)c2cc(OC)c(CBr)cc2c1=O. The van der Waals surface area contributed by atoms with Gasteiger partial charge in [-0.25, -0.2) is 4.79 Å². The molecule has 1 heterocycles. The summed E-state index contributed by atoms with van der Waals surface area (Å²) in [5.74, 6) is 0.267. The predicted octanol–water partition coefficient (Wildman–Crippen LogP) is 6.30. The molecule has 0 aliphatic rings. The maximum absolute atomic E-state index is 13.3. The Labute approximate surface area is 206 Å². The molecule has 0 bridgehead atoms. The Balaban J connectivity index is 2.78. The molecule has 33 heavy (non-hydrogen) atoms. The number of rotatable bonds is 9. The highest BCUT2D eigenvalue weighted by molar-refractivity contribution is 9.08. The van der Waals surface area contributed by atoms with Crippen molar-refractivity contribution >= 4 is 41.1 Å². The minimum Gasteiger partial charge on any atom is -0.496 e. The quantitative estimate of drug-likeness (QED) is 0.212. The van der Waals surface area contributed by atoms with E-state index in [1.54, 1.807) is 26.3 Å². The number of fused-ring (bicyclic) bond motifs is 1. The van der Waals surface area contributed by atoms with Gasteiger partial charge in [0.25, 0.3) is 0 Å². The second-order valence-electron chi connectivity index (χ2n) is 10.2. The second kappa shape index (κ2) is 10.7. The van der Waals surface area contributed by atoms with Crippen LogP contribution in [-0.2, 0) is 14.5 Å². The van der Waals surface area contributed by atoms with Gasteiger partial charge in [-0.05, 0) is 37.0 Å². The Bertz CT molecular complexity index is 1060. The molecule has 0 N–H and O–H groups in total. The van der Waals surface area contributed by atoms with Crippen LogP contribution in [0.3, 0.4) is 0 Å². The molecule has 0 saturated heterocycles. The molecule has 0 radical (unpaired) electrons. The number of ether oxygens (including phenoxy) is 2. The van der Waals surface area contributed by atoms with E-state index in [0.29, 0.717) is 28.6 Å². The molecule has 6 nitrogen and oxygen atoms in total. The van der Waals surface area contributed by atoms with Crippen molar-refractivity contribution in [3.05, 3.63) is 39.7 Å². The summed E-state index contributed by atoms with van der Waals surface area (Å²) < 4.78 is 19.4. The van der Waals surface area contributed by atoms with E-state index in [-0.39, 0.29) is 34.6 Å². The summed E-state index contributed by atoms with van der Waals surface area (Å²) in [6.45, 7) is 17.7. The number of esters is 1. The third-order valence-corrected chi connectivity index (χ3v) is 11.7. The number of benzene rings is 1. The fraction of sp³-hybridized carbons (Fsp3) is 0.600. The van der Waals surface area contributed by atoms with E-state index in [4.69, 9.17) is 13.9 Å². The number of halogens is 1. The highest BCUT2D eigenvalue weighted by Gasteiger charge is 2.38. The first-order valence-electron chi connectivity index (χ1n) is 11.4. The maximum atomic E-state index is 13.3. The van der Waals surface area contributed by atoms with Crippen LogP contribution in [-0.4, -0.2) is 39.2 Å². The average molecular weight is 541 g/mol. The first kappa shape index (κ1) is 27.6. The monoisotopic (exact) mass is 539 g/mol. The molecule has 1 aromatic heterocycles. The lowest BCUT2D eigenvalue weighted by molar-refractivity contribution is 0.0523. The van der Waals surface area contributed by atoms with Crippen molar-refractivity contribution in [1.82, 2.24) is 4.57 Å². The van der Waals surface area contributed by atoms with Gasteiger partial charge >= 0.3 is 5.97 Å². The fourth-order valence-electron chi connectivity index (χ4n) is 3.45. The van der Waals surface area contributed by atoms with Gasteiger partial charge < -0.3 is 18.5 Å². The maximum Gasteiger partial charge on any atom is 0.343 e. The summed E-state index contributed by atoms with van der Waals surface area (Å²) in [6, 6.07) is 3.59. The Kier molecular flexibility index (Phi) is 8.98. The van der Waals surface area contributed by atoms with Crippen molar-refractivity contribution in [3.63, 3.8) is 0 Å². The first-order valence-corrected chi connectivity index (χ1v) is 15.4. The van der Waals surface area contributed by atoms with E-state index in [9.17, 15) is 9.59 Å². The topological polar surface area (TPSA) is 66.8 Å². The van der Waals surface area contributed by atoms with Crippen LogP contribution in [0.25, 0.3) is 10.9 Å². The zero-order valence-corrected chi connectivity index (χ0v) is 24.0.